The second kappa shape index (κ2) is 7.39. The molecule has 1 rings (SSSR count). The van der Waals surface area contributed by atoms with Crippen molar-refractivity contribution in [3.05, 3.63) is 30.1 Å². The summed E-state index contributed by atoms with van der Waals surface area (Å²) in [5.41, 5.74) is -3.87. The Morgan fingerprint density at radius 3 is 2.47 bits per heavy atom. The number of thioether (sulfide) groups is 1. The Balaban J connectivity index is 0.00000256. The molecule has 0 saturated carbocycles. The number of halogens is 4. The predicted octanol–water partition coefficient (Wildman–Crippen LogP) is -0.932. The zero-order valence-corrected chi connectivity index (χ0v) is 10.1. The Bertz CT molecular complexity index is 348. The van der Waals surface area contributed by atoms with Crippen LogP contribution in [0.5, 0.6) is 0 Å². The molecule has 0 aromatic carbocycles. The van der Waals surface area contributed by atoms with Crippen molar-refractivity contribution < 1.29 is 30.4 Å². The molecule has 0 unspecified atom stereocenters. The highest BCUT2D eigenvalue weighted by atomic mass is 35.5. The number of amides is 1. The number of aromatic nitrogens is 1. The monoisotopic (exact) mass is 285 g/mol. The number of pyridine rings is 1. The van der Waals surface area contributed by atoms with E-state index in [2.05, 4.69) is 10.3 Å². The van der Waals surface area contributed by atoms with Gasteiger partial charge in [-0.1, -0.05) is 0 Å². The van der Waals surface area contributed by atoms with Gasteiger partial charge in [0.1, 0.15) is 0 Å². The second-order valence-electron chi connectivity index (χ2n) is 2.79. The molecule has 0 aliphatic carbocycles. The first-order chi connectivity index (χ1) is 7.49. The van der Waals surface area contributed by atoms with Crippen LogP contribution >= 0.6 is 11.8 Å². The van der Waals surface area contributed by atoms with E-state index in [4.69, 9.17) is 0 Å². The Labute approximate surface area is 107 Å². The molecule has 1 N–H and O–H groups in total. The molecule has 0 bridgehead atoms. The van der Waals surface area contributed by atoms with Gasteiger partial charge in [0.15, 0.2) is 0 Å². The minimum absolute atomic E-state index is 0. The molecule has 1 aromatic heterocycles. The number of carbonyl (C=O) groups is 1. The van der Waals surface area contributed by atoms with Crippen LogP contribution in [-0.2, 0) is 0 Å². The summed E-state index contributed by atoms with van der Waals surface area (Å²) in [4.78, 5) is 15.1. The fourth-order valence-electron chi connectivity index (χ4n) is 0.937. The van der Waals surface area contributed by atoms with Crippen molar-refractivity contribution in [2.75, 3.05) is 12.3 Å². The Hall–Kier alpha value is -0.950. The van der Waals surface area contributed by atoms with Crippen LogP contribution in [0.4, 0.5) is 13.2 Å². The summed E-state index contributed by atoms with van der Waals surface area (Å²) in [5, 5.41) is 2.38. The van der Waals surface area contributed by atoms with Gasteiger partial charge in [0.25, 0.3) is 5.91 Å². The van der Waals surface area contributed by atoms with Gasteiger partial charge in [-0.3, -0.25) is 9.78 Å². The van der Waals surface area contributed by atoms with Crippen LogP contribution in [0.3, 0.4) is 0 Å². The van der Waals surface area contributed by atoms with E-state index in [0.717, 1.165) is 0 Å². The maximum absolute atomic E-state index is 11.7. The second-order valence-corrected chi connectivity index (χ2v) is 3.95. The highest BCUT2D eigenvalue weighted by Gasteiger charge is 2.27. The predicted molar refractivity (Wildman–Crippen MR) is 55.1 cm³/mol. The SMILES string of the molecule is O=C(NCCSC(F)(F)F)c1ccncc1.[Cl-]. The smallest absolute Gasteiger partial charge is 0.441 e. The Kier molecular flexibility index (Phi) is 6.98. The van der Waals surface area contributed by atoms with Crippen LogP contribution in [-0.4, -0.2) is 28.7 Å². The van der Waals surface area contributed by atoms with Gasteiger partial charge < -0.3 is 17.7 Å². The van der Waals surface area contributed by atoms with Gasteiger partial charge in [0, 0.05) is 30.3 Å². The molecule has 0 atom stereocenters. The summed E-state index contributed by atoms with van der Waals surface area (Å²) in [6.45, 7) is -0.0225. The van der Waals surface area contributed by atoms with E-state index in [1.807, 2.05) is 0 Å². The van der Waals surface area contributed by atoms with Crippen LogP contribution < -0.4 is 17.7 Å². The number of nitrogens with one attached hydrogen (secondary N) is 1. The van der Waals surface area contributed by atoms with E-state index in [1.165, 1.54) is 24.5 Å². The number of hydrogen-bond donors (Lipinski definition) is 1. The lowest BCUT2D eigenvalue weighted by Crippen LogP contribution is -3.00. The van der Waals surface area contributed by atoms with Gasteiger partial charge in [-0.15, -0.1) is 0 Å². The molecular formula is C9H9ClF3N2OS-. The summed E-state index contributed by atoms with van der Waals surface area (Å²) in [7, 11) is 0. The van der Waals surface area contributed by atoms with E-state index < -0.39 is 11.4 Å². The van der Waals surface area contributed by atoms with Crippen LogP contribution in [0.15, 0.2) is 24.5 Å². The van der Waals surface area contributed by atoms with Crippen molar-refractivity contribution in [3.63, 3.8) is 0 Å². The lowest BCUT2D eigenvalue weighted by Gasteiger charge is -2.06. The zero-order valence-electron chi connectivity index (χ0n) is 8.50. The lowest BCUT2D eigenvalue weighted by molar-refractivity contribution is -0.0328. The summed E-state index contributed by atoms with van der Waals surface area (Å²) < 4.78 is 35.2. The standard InChI is InChI=1S/C9H9F3N2OS.ClH/c10-9(11,12)16-6-5-14-8(15)7-1-3-13-4-2-7;/h1-4H,5-6H2,(H,14,15);1H/p-1. The van der Waals surface area contributed by atoms with Crippen LogP contribution in [0, 0.1) is 0 Å². The van der Waals surface area contributed by atoms with Crippen molar-refractivity contribution in [2.24, 2.45) is 0 Å². The fraction of sp³-hybridized carbons (Fsp3) is 0.333. The van der Waals surface area contributed by atoms with Crippen molar-refractivity contribution in [3.8, 4) is 0 Å². The summed E-state index contributed by atoms with van der Waals surface area (Å²) in [6, 6.07) is 2.98. The lowest BCUT2D eigenvalue weighted by atomic mass is 10.2. The Morgan fingerprint density at radius 1 is 1.35 bits per heavy atom. The Morgan fingerprint density at radius 2 is 1.94 bits per heavy atom. The number of nitrogens with zero attached hydrogens (tertiary/aromatic N) is 1. The third kappa shape index (κ3) is 7.06. The molecule has 0 fully saturated rings. The zero-order chi connectivity index (χ0) is 12.0. The molecule has 0 spiro atoms. The van der Waals surface area contributed by atoms with Crippen molar-refractivity contribution >= 4 is 17.7 Å². The first kappa shape index (κ1) is 16.1. The molecule has 8 heteroatoms. The molecule has 17 heavy (non-hydrogen) atoms. The highest BCUT2D eigenvalue weighted by molar-refractivity contribution is 8.00. The number of hydrogen-bond acceptors (Lipinski definition) is 3. The summed E-state index contributed by atoms with van der Waals surface area (Å²) >= 11 is -0.156. The maximum Gasteiger partial charge on any atom is 0.441 e. The largest absolute Gasteiger partial charge is 1.00 e. The van der Waals surface area contributed by atoms with E-state index in [0.29, 0.717) is 5.56 Å². The molecule has 3 nitrogen and oxygen atoms in total. The number of carbonyl (C=O) groups excluding carboxylic acids is 1. The molecule has 1 amide bonds. The van der Waals surface area contributed by atoms with Gasteiger partial charge in [-0.2, -0.15) is 13.2 Å². The van der Waals surface area contributed by atoms with Gasteiger partial charge in [-0.05, 0) is 23.9 Å². The van der Waals surface area contributed by atoms with Crippen LogP contribution in [0.25, 0.3) is 0 Å². The highest BCUT2D eigenvalue weighted by Crippen LogP contribution is 2.29. The topological polar surface area (TPSA) is 42.0 Å². The molecule has 1 heterocycles. The minimum Gasteiger partial charge on any atom is -1.00 e. The van der Waals surface area contributed by atoms with Crippen LogP contribution in [0.2, 0.25) is 0 Å². The average molecular weight is 286 g/mol. The van der Waals surface area contributed by atoms with E-state index >= 15 is 0 Å². The summed E-state index contributed by atoms with van der Waals surface area (Å²) in [5.74, 6) is -0.592. The first-order valence-electron chi connectivity index (χ1n) is 4.38. The van der Waals surface area contributed by atoms with E-state index in [9.17, 15) is 18.0 Å². The first-order valence-corrected chi connectivity index (χ1v) is 5.36. The minimum atomic E-state index is -4.25. The van der Waals surface area contributed by atoms with Crippen LogP contribution in [0.1, 0.15) is 10.4 Å². The molecule has 0 saturated heterocycles. The maximum atomic E-state index is 11.7. The third-order valence-corrected chi connectivity index (χ3v) is 2.33. The number of alkyl halides is 3. The molecular weight excluding hydrogens is 277 g/mol. The normalized spacial score (nSPS) is 10.5. The average Bonchev–Trinajstić information content (AvgIpc) is 2.24. The van der Waals surface area contributed by atoms with Gasteiger partial charge in [-0.25, -0.2) is 0 Å². The fourth-order valence-corrected chi connectivity index (χ4v) is 1.37. The quantitative estimate of drug-likeness (QED) is 0.727. The molecule has 1 aromatic rings. The molecule has 0 aliphatic heterocycles. The van der Waals surface area contributed by atoms with Gasteiger partial charge in [0.2, 0.25) is 0 Å². The van der Waals surface area contributed by atoms with Crippen molar-refractivity contribution in [1.29, 1.82) is 0 Å². The third-order valence-electron chi connectivity index (χ3n) is 1.60. The summed E-state index contributed by atoms with van der Waals surface area (Å²) in [6.07, 6.45) is 2.89. The molecule has 0 radical (unpaired) electrons. The van der Waals surface area contributed by atoms with E-state index in [-0.39, 0.29) is 36.5 Å². The van der Waals surface area contributed by atoms with Gasteiger partial charge in [0.05, 0.1) is 0 Å². The molecule has 96 valence electrons. The van der Waals surface area contributed by atoms with Crippen molar-refractivity contribution in [1.82, 2.24) is 10.3 Å². The van der Waals surface area contributed by atoms with Crippen molar-refractivity contribution in [2.45, 2.75) is 5.51 Å². The molecule has 0 aliphatic rings. The van der Waals surface area contributed by atoms with E-state index in [1.54, 1.807) is 0 Å². The van der Waals surface area contributed by atoms with Gasteiger partial charge >= 0.3 is 5.51 Å². The number of rotatable bonds is 4.